The van der Waals surface area contributed by atoms with Crippen molar-refractivity contribution >= 4 is 35.4 Å². The number of hydrogen-bond acceptors (Lipinski definition) is 9. The standard InChI is InChI=1S/C23H27F2N7O2S/c1-2-34-15-5-3-14(4-6-15)27-11-17(20(26)21-16(24)7-8-19(25)32-21)30-22(33)18-12-35-23(31-18)13-9-28-29-10-13/h7-9,11-15,29H,2-6,10,26H2,1H3,(H,30,33). The maximum atomic E-state index is 14.4. The number of allylic oxidation sites excluding steroid dienone is 1. The van der Waals surface area contributed by atoms with E-state index in [1.54, 1.807) is 11.6 Å². The largest absolute Gasteiger partial charge is 0.395 e. The van der Waals surface area contributed by atoms with E-state index in [2.05, 4.69) is 30.8 Å². The Bertz CT molecular complexity index is 1140. The molecule has 1 saturated carbocycles. The van der Waals surface area contributed by atoms with Crippen molar-refractivity contribution in [3.05, 3.63) is 51.4 Å². The van der Waals surface area contributed by atoms with Crippen molar-refractivity contribution in [2.24, 2.45) is 15.8 Å². The van der Waals surface area contributed by atoms with E-state index in [0.29, 0.717) is 13.2 Å². The number of thiazole rings is 1. The summed E-state index contributed by atoms with van der Waals surface area (Å²) in [5.74, 6) is -2.26. The van der Waals surface area contributed by atoms with E-state index in [9.17, 15) is 13.6 Å². The second kappa shape index (κ2) is 11.5. The van der Waals surface area contributed by atoms with Gasteiger partial charge in [-0.2, -0.15) is 9.49 Å². The Morgan fingerprint density at radius 1 is 1.31 bits per heavy atom. The maximum Gasteiger partial charge on any atom is 0.275 e. The Labute approximate surface area is 205 Å². The third-order valence-electron chi connectivity index (χ3n) is 5.79. The monoisotopic (exact) mass is 503 g/mol. The zero-order chi connectivity index (χ0) is 24.8. The van der Waals surface area contributed by atoms with Crippen LogP contribution in [0.4, 0.5) is 8.78 Å². The molecule has 1 aliphatic carbocycles. The van der Waals surface area contributed by atoms with E-state index in [1.807, 2.05) is 6.92 Å². The number of nitrogens with zero attached hydrogens (tertiary/aromatic N) is 4. The van der Waals surface area contributed by atoms with Crippen molar-refractivity contribution in [2.45, 2.75) is 50.7 Å². The fraction of sp³-hybridized carbons (Fsp3) is 0.435. The molecule has 0 spiro atoms. The predicted molar refractivity (Wildman–Crippen MR) is 130 cm³/mol. The molecule has 4 rings (SSSR count). The van der Waals surface area contributed by atoms with Crippen molar-refractivity contribution < 1.29 is 18.3 Å². The van der Waals surface area contributed by atoms with Crippen LogP contribution in [0.5, 0.6) is 0 Å². The zero-order valence-electron chi connectivity index (χ0n) is 19.2. The van der Waals surface area contributed by atoms with Crippen LogP contribution < -0.4 is 16.5 Å². The van der Waals surface area contributed by atoms with E-state index < -0.39 is 23.4 Å². The molecule has 0 radical (unpaired) electrons. The van der Waals surface area contributed by atoms with Gasteiger partial charge in [0.1, 0.15) is 16.4 Å². The number of aromatic nitrogens is 2. The molecule has 2 aromatic heterocycles. The van der Waals surface area contributed by atoms with Crippen LogP contribution in [0, 0.1) is 11.8 Å². The summed E-state index contributed by atoms with van der Waals surface area (Å²) in [5, 5.41) is 8.99. The first-order valence-corrected chi connectivity index (χ1v) is 12.3. The molecule has 3 heterocycles. The lowest BCUT2D eigenvalue weighted by Gasteiger charge is -2.26. The Kier molecular flexibility index (Phi) is 8.13. The molecule has 1 unspecified atom stereocenters. The molecule has 0 saturated heterocycles. The van der Waals surface area contributed by atoms with Gasteiger partial charge < -0.3 is 21.2 Å². The molecule has 0 aromatic carbocycles. The fourth-order valence-corrected chi connectivity index (χ4v) is 4.79. The Morgan fingerprint density at radius 3 is 2.83 bits per heavy atom. The van der Waals surface area contributed by atoms with Crippen LogP contribution in [-0.2, 0) is 4.74 Å². The molecule has 1 amide bonds. The van der Waals surface area contributed by atoms with Crippen LogP contribution in [0.15, 0.2) is 33.3 Å². The zero-order valence-corrected chi connectivity index (χ0v) is 20.0. The Morgan fingerprint density at radius 2 is 2.11 bits per heavy atom. The molecule has 2 aromatic rings. The summed E-state index contributed by atoms with van der Waals surface area (Å²) in [6, 6.07) is 1.82. The number of aliphatic imine (C=N–C) groups is 1. The summed E-state index contributed by atoms with van der Waals surface area (Å²) >= 11 is 1.33. The molecule has 1 atom stereocenters. The first-order valence-electron chi connectivity index (χ1n) is 11.4. The summed E-state index contributed by atoms with van der Waals surface area (Å²) in [6.07, 6.45) is 6.70. The molecular weight excluding hydrogens is 476 g/mol. The lowest BCUT2D eigenvalue weighted by atomic mass is 9.93. The van der Waals surface area contributed by atoms with Gasteiger partial charge in [0, 0.05) is 31.0 Å². The fourth-order valence-electron chi connectivity index (χ4n) is 3.93. The third-order valence-corrected chi connectivity index (χ3v) is 6.77. The molecule has 1 fully saturated rings. The first kappa shape index (κ1) is 24.9. The third kappa shape index (κ3) is 6.25. The van der Waals surface area contributed by atoms with E-state index in [4.69, 9.17) is 10.5 Å². The van der Waals surface area contributed by atoms with E-state index in [1.165, 1.54) is 17.6 Å². The minimum Gasteiger partial charge on any atom is -0.395 e. The van der Waals surface area contributed by atoms with E-state index in [0.717, 1.165) is 42.8 Å². The highest BCUT2D eigenvalue weighted by atomic mass is 32.1. The van der Waals surface area contributed by atoms with Crippen LogP contribution in [0.1, 0.15) is 59.7 Å². The maximum absolute atomic E-state index is 14.4. The minimum atomic E-state index is -0.891. The number of ether oxygens (including phenoxy) is 1. The minimum absolute atomic E-state index is 0.00301. The molecule has 9 nitrogen and oxygen atoms in total. The Hall–Kier alpha value is -3.25. The normalized spacial score (nSPS) is 22.8. The molecule has 35 heavy (non-hydrogen) atoms. The summed E-state index contributed by atoms with van der Waals surface area (Å²) in [7, 11) is 0. The molecule has 0 bridgehead atoms. The number of pyridine rings is 1. The number of nitrogens with two attached hydrogens (primary N) is 1. The average Bonchev–Trinajstić information content (AvgIpc) is 3.56. The smallest absolute Gasteiger partial charge is 0.275 e. The quantitative estimate of drug-likeness (QED) is 0.376. The lowest BCUT2D eigenvalue weighted by molar-refractivity contribution is 0.0335. The predicted octanol–water partition coefficient (Wildman–Crippen LogP) is 2.96. The SMILES string of the molecule is CCOC1CCC(N=CC(NC(=O)c2csc(C3C=NNC3)n2)=C(N)c2nc(F)ccc2F)CC1. The van der Waals surface area contributed by atoms with Gasteiger partial charge in [0.25, 0.3) is 5.91 Å². The molecule has 2 aliphatic rings. The van der Waals surface area contributed by atoms with Gasteiger partial charge in [0.2, 0.25) is 5.95 Å². The first-order chi connectivity index (χ1) is 16.9. The van der Waals surface area contributed by atoms with Gasteiger partial charge in [-0.15, -0.1) is 11.3 Å². The molecule has 186 valence electrons. The van der Waals surface area contributed by atoms with Crippen LogP contribution in [-0.4, -0.2) is 53.6 Å². The number of carbonyl (C=O) groups is 1. The molecule has 12 heteroatoms. The van der Waals surface area contributed by atoms with Crippen molar-refractivity contribution in [3.63, 3.8) is 0 Å². The highest BCUT2D eigenvalue weighted by Gasteiger charge is 2.23. The van der Waals surface area contributed by atoms with Crippen molar-refractivity contribution in [1.29, 1.82) is 0 Å². The summed E-state index contributed by atoms with van der Waals surface area (Å²) in [4.78, 5) is 25.5. The number of rotatable bonds is 8. The van der Waals surface area contributed by atoms with Crippen molar-refractivity contribution in [3.8, 4) is 0 Å². The number of hydrazone groups is 1. The van der Waals surface area contributed by atoms with Gasteiger partial charge in [-0.25, -0.2) is 14.4 Å². The topological polar surface area (TPSA) is 127 Å². The highest BCUT2D eigenvalue weighted by molar-refractivity contribution is 7.10. The number of nitrogens with one attached hydrogen (secondary N) is 2. The lowest BCUT2D eigenvalue weighted by Crippen LogP contribution is -2.28. The molecule has 1 aliphatic heterocycles. The second-order valence-electron chi connectivity index (χ2n) is 8.23. The van der Waals surface area contributed by atoms with E-state index in [-0.39, 0.29) is 35.2 Å². The van der Waals surface area contributed by atoms with Crippen LogP contribution in [0.25, 0.3) is 5.70 Å². The van der Waals surface area contributed by atoms with Gasteiger partial charge >= 0.3 is 0 Å². The van der Waals surface area contributed by atoms with Gasteiger partial charge in [-0.1, -0.05) is 0 Å². The Balaban J connectivity index is 1.56. The number of amides is 1. The number of hydrogen-bond donors (Lipinski definition) is 3. The molecule has 4 N–H and O–H groups in total. The van der Waals surface area contributed by atoms with Crippen molar-refractivity contribution in [1.82, 2.24) is 20.7 Å². The van der Waals surface area contributed by atoms with E-state index >= 15 is 0 Å². The summed E-state index contributed by atoms with van der Waals surface area (Å²) < 4.78 is 33.8. The van der Waals surface area contributed by atoms with Gasteiger partial charge in [-0.3, -0.25) is 9.79 Å². The second-order valence-corrected chi connectivity index (χ2v) is 9.12. The number of halogens is 2. The summed E-state index contributed by atoms with van der Waals surface area (Å²) in [6.45, 7) is 3.24. The van der Waals surface area contributed by atoms with Crippen LogP contribution in [0.2, 0.25) is 0 Å². The van der Waals surface area contributed by atoms with Crippen LogP contribution in [0.3, 0.4) is 0 Å². The van der Waals surface area contributed by atoms with Crippen molar-refractivity contribution in [2.75, 3.05) is 13.2 Å². The average molecular weight is 504 g/mol. The van der Waals surface area contributed by atoms with Gasteiger partial charge in [-0.05, 0) is 44.7 Å². The molecular formula is C23H27F2N7O2S. The van der Waals surface area contributed by atoms with Gasteiger partial charge in [0.15, 0.2) is 5.82 Å². The van der Waals surface area contributed by atoms with Crippen LogP contribution >= 0.6 is 11.3 Å². The summed E-state index contributed by atoms with van der Waals surface area (Å²) in [5.41, 5.74) is 8.58. The highest BCUT2D eigenvalue weighted by Crippen LogP contribution is 2.24. The number of carbonyl (C=O) groups excluding carboxylic acids is 1. The van der Waals surface area contributed by atoms with Gasteiger partial charge in [0.05, 0.1) is 29.5 Å².